The van der Waals surface area contributed by atoms with E-state index in [0.29, 0.717) is 13.2 Å². The maximum Gasteiger partial charge on any atom is 0.214 e. The van der Waals surface area contributed by atoms with Crippen LogP contribution in [0.2, 0.25) is 10.0 Å². The lowest BCUT2D eigenvalue weighted by atomic mass is 10.1. The van der Waals surface area contributed by atoms with Crippen molar-refractivity contribution in [1.82, 2.24) is 0 Å². The number of hydrogen-bond acceptors (Lipinski definition) is 4. The van der Waals surface area contributed by atoms with Crippen molar-refractivity contribution in [2.75, 3.05) is 37.1 Å². The maximum atomic E-state index is 6.14. The molecule has 0 N–H and O–H groups in total. The van der Waals surface area contributed by atoms with Crippen molar-refractivity contribution in [2.24, 2.45) is 0 Å². The second-order valence-electron chi connectivity index (χ2n) is 13.7. The van der Waals surface area contributed by atoms with Gasteiger partial charge in [-0.05, 0) is 109 Å². The molecule has 10 heteroatoms. The predicted molar refractivity (Wildman–Crippen MR) is 229 cm³/mol. The van der Waals surface area contributed by atoms with Crippen molar-refractivity contribution < 1.29 is 52.6 Å². The molecule has 2 heterocycles. The van der Waals surface area contributed by atoms with Crippen LogP contribution in [0.25, 0.3) is 21.8 Å². The van der Waals surface area contributed by atoms with E-state index in [-0.39, 0.29) is 34.0 Å². The van der Waals surface area contributed by atoms with Crippen LogP contribution in [0, 0.1) is 0 Å². The van der Waals surface area contributed by atoms with Crippen LogP contribution < -0.4 is 62.4 Å². The van der Waals surface area contributed by atoms with Gasteiger partial charge in [-0.2, -0.15) is 9.13 Å². The first-order chi connectivity index (χ1) is 27.4. The minimum absolute atomic E-state index is 0. The van der Waals surface area contributed by atoms with Crippen molar-refractivity contribution in [2.45, 2.75) is 13.1 Å². The molecule has 0 bridgehead atoms. The molecule has 0 aliphatic rings. The minimum atomic E-state index is 0. The van der Waals surface area contributed by atoms with E-state index in [1.165, 1.54) is 21.9 Å². The van der Waals surface area contributed by atoms with Gasteiger partial charge in [0, 0.05) is 70.9 Å². The number of hydrogen-bond donors (Lipinski definition) is 0. The number of benzene rings is 6. The van der Waals surface area contributed by atoms with Crippen molar-refractivity contribution in [3.05, 3.63) is 191 Å². The number of para-hydroxylation sites is 2. The van der Waals surface area contributed by atoms with Gasteiger partial charge in [0.25, 0.3) is 0 Å². The summed E-state index contributed by atoms with van der Waals surface area (Å²) in [7, 11) is 4.17. The monoisotopic (exact) mass is 934 g/mol. The van der Waals surface area contributed by atoms with Crippen molar-refractivity contribution in [3.63, 3.8) is 0 Å². The summed E-state index contributed by atoms with van der Waals surface area (Å²) >= 11 is 12.3. The Balaban J connectivity index is 0.00000283. The normalized spacial score (nSPS) is 10.8. The Morgan fingerprint density at radius 2 is 0.810 bits per heavy atom. The third-order valence-electron chi connectivity index (χ3n) is 10.1. The van der Waals surface area contributed by atoms with Crippen LogP contribution in [0.4, 0.5) is 22.7 Å². The molecule has 6 nitrogen and oxygen atoms in total. The van der Waals surface area contributed by atoms with Crippen LogP contribution in [0.5, 0.6) is 11.5 Å². The van der Waals surface area contributed by atoms with E-state index in [0.717, 1.165) is 68.4 Å². The van der Waals surface area contributed by atoms with Crippen LogP contribution in [0.1, 0.15) is 11.1 Å². The van der Waals surface area contributed by atoms with Gasteiger partial charge < -0.3 is 53.2 Å². The second-order valence-corrected chi connectivity index (χ2v) is 14.6. The van der Waals surface area contributed by atoms with Crippen LogP contribution in [-0.2, 0) is 13.1 Å². The van der Waals surface area contributed by atoms with Gasteiger partial charge in [0.15, 0.2) is 25.5 Å². The van der Waals surface area contributed by atoms with Crippen LogP contribution in [0.15, 0.2) is 170 Å². The molecule has 294 valence electrons. The first kappa shape index (κ1) is 42.5. The molecule has 0 aliphatic carbocycles. The van der Waals surface area contributed by atoms with Gasteiger partial charge in [0.2, 0.25) is 11.0 Å². The largest absolute Gasteiger partial charge is 1.00 e. The van der Waals surface area contributed by atoms with Gasteiger partial charge in [-0.1, -0.05) is 47.5 Å². The smallest absolute Gasteiger partial charge is 0.214 e. The van der Waals surface area contributed by atoms with Gasteiger partial charge in [-0.25, -0.2) is 0 Å². The highest BCUT2D eigenvalue weighted by molar-refractivity contribution is 6.31. The number of anilines is 4. The highest BCUT2D eigenvalue weighted by Crippen LogP contribution is 2.32. The number of rotatable bonds is 13. The molecule has 58 heavy (non-hydrogen) atoms. The summed E-state index contributed by atoms with van der Waals surface area (Å²) in [5.74, 6) is 1.63. The van der Waals surface area contributed by atoms with Gasteiger partial charge in [-0.15, -0.1) is 0 Å². The third kappa shape index (κ3) is 9.76. The summed E-state index contributed by atoms with van der Waals surface area (Å²) < 4.78 is 16.6. The number of halogens is 4. The number of pyridine rings is 2. The van der Waals surface area contributed by atoms with E-state index in [1.54, 1.807) is 0 Å². The molecule has 0 fully saturated rings. The first-order valence-electron chi connectivity index (χ1n) is 18.6. The van der Waals surface area contributed by atoms with E-state index < -0.39 is 0 Å². The molecule has 0 saturated heterocycles. The number of ether oxygens (including phenoxy) is 2. The Labute approximate surface area is 371 Å². The quantitative estimate of drug-likeness (QED) is 0.121. The molecule has 0 saturated carbocycles. The second kappa shape index (κ2) is 19.6. The Morgan fingerprint density at radius 3 is 1.19 bits per heavy atom. The van der Waals surface area contributed by atoms with Gasteiger partial charge in [0.05, 0.1) is 22.1 Å². The molecule has 8 rings (SSSR count). The fraction of sp³-hybridized carbons (Fsp3) is 0.125. The van der Waals surface area contributed by atoms with Gasteiger partial charge in [-0.3, -0.25) is 0 Å². The minimum Gasteiger partial charge on any atom is -1.00 e. The van der Waals surface area contributed by atoms with Crippen LogP contribution >= 0.6 is 23.2 Å². The first-order valence-corrected chi connectivity index (χ1v) is 19.4. The lowest BCUT2D eigenvalue weighted by Gasteiger charge is -2.21. The molecule has 0 aliphatic heterocycles. The topological polar surface area (TPSA) is 32.7 Å². The molecule has 0 amide bonds. The van der Waals surface area contributed by atoms with E-state index >= 15 is 0 Å². The standard InChI is InChI=1S/C48H42Cl2N4O2.2BrH/c1-51(39-19-15-37(49)16-20-39)45-27-29-53(47-9-5-3-7-43(45)47)33-35-11-23-41(24-12-35)55-31-32-56-42-25-13-36(14-26-42)34-54-30-28-46(44-8-4-6-10-48(44)54)52(2)40-21-17-38(50)18-22-40;;/h3-30H,31-34H2,1-2H3;2*1H/q+2;;/p-2. The summed E-state index contributed by atoms with van der Waals surface area (Å²) in [6, 6.07) is 53.8. The Kier molecular flexibility index (Phi) is 14.3. The highest BCUT2D eigenvalue weighted by Gasteiger charge is 2.18. The van der Waals surface area contributed by atoms with E-state index in [4.69, 9.17) is 32.7 Å². The molecule has 0 atom stereocenters. The highest BCUT2D eigenvalue weighted by atomic mass is 79.9. The fourth-order valence-electron chi connectivity index (χ4n) is 7.11. The summed E-state index contributed by atoms with van der Waals surface area (Å²) in [6.45, 7) is 2.38. The summed E-state index contributed by atoms with van der Waals surface area (Å²) in [5.41, 5.74) is 9.14. The Bertz CT molecular complexity index is 2410. The fourth-order valence-corrected chi connectivity index (χ4v) is 7.36. The lowest BCUT2D eigenvalue weighted by Crippen LogP contribution is -3.00. The summed E-state index contributed by atoms with van der Waals surface area (Å²) in [4.78, 5) is 4.39. The van der Waals surface area contributed by atoms with E-state index in [1.807, 2.05) is 72.8 Å². The van der Waals surface area contributed by atoms with E-state index in [9.17, 15) is 0 Å². The molecule has 0 unspecified atom stereocenters. The molecular weight excluding hydrogens is 895 g/mol. The van der Waals surface area contributed by atoms with Gasteiger partial charge in [0.1, 0.15) is 24.7 Å². The number of fused-ring (bicyclic) bond motifs is 2. The number of nitrogens with zero attached hydrogens (tertiary/aromatic N) is 4. The summed E-state index contributed by atoms with van der Waals surface area (Å²) in [6.07, 6.45) is 4.31. The zero-order chi connectivity index (χ0) is 38.4. The SMILES string of the molecule is CN(c1ccc(Cl)cc1)c1cc[n+](Cc2ccc(OCCOc3ccc(C[n+]4ccc(N(C)c5ccc(Cl)cc5)c5ccccc54)cc3)cc2)c2ccccc12.[Br-].[Br-]. The predicted octanol–water partition coefficient (Wildman–Crippen LogP) is 4.97. The maximum absolute atomic E-state index is 6.14. The molecule has 0 spiro atoms. The number of aromatic nitrogens is 2. The van der Waals surface area contributed by atoms with Crippen molar-refractivity contribution >= 4 is 67.8 Å². The lowest BCUT2D eigenvalue weighted by molar-refractivity contribution is -0.662. The van der Waals surface area contributed by atoms with E-state index in [2.05, 4.69) is 130 Å². The average Bonchev–Trinajstić information content (AvgIpc) is 3.24. The third-order valence-corrected chi connectivity index (χ3v) is 10.6. The zero-order valence-corrected chi connectivity index (χ0v) is 36.8. The molecule has 6 aromatic carbocycles. The van der Waals surface area contributed by atoms with Crippen LogP contribution in [0.3, 0.4) is 0 Å². The van der Waals surface area contributed by atoms with Crippen molar-refractivity contribution in [1.29, 1.82) is 0 Å². The van der Waals surface area contributed by atoms with Crippen molar-refractivity contribution in [3.8, 4) is 11.5 Å². The molecule has 8 aromatic rings. The Hall–Kier alpha value is -5.12. The molecular formula is C48H42Br2Cl2N4O2. The van der Waals surface area contributed by atoms with Crippen LogP contribution in [-0.4, -0.2) is 27.3 Å². The molecule has 0 radical (unpaired) electrons. The zero-order valence-electron chi connectivity index (χ0n) is 32.1. The van der Waals surface area contributed by atoms with Gasteiger partial charge >= 0.3 is 0 Å². The molecule has 2 aromatic heterocycles. The Morgan fingerprint density at radius 1 is 0.448 bits per heavy atom. The average molecular weight is 938 g/mol. The summed E-state index contributed by atoms with van der Waals surface area (Å²) in [5, 5.41) is 3.82.